The summed E-state index contributed by atoms with van der Waals surface area (Å²) in [5.41, 5.74) is 3.20. The monoisotopic (exact) mass is 648 g/mol. The average molecular weight is 649 g/mol. The van der Waals surface area contributed by atoms with E-state index in [9.17, 15) is 9.59 Å². The highest BCUT2D eigenvalue weighted by Gasteiger charge is 2.34. The van der Waals surface area contributed by atoms with E-state index in [1.54, 1.807) is 18.4 Å². The summed E-state index contributed by atoms with van der Waals surface area (Å²) in [6.07, 6.45) is 1.84. The maximum atomic E-state index is 14.1. The Labute approximate surface area is 276 Å². The van der Waals surface area contributed by atoms with Gasteiger partial charge < -0.3 is 18.9 Å². The second kappa shape index (κ2) is 14.1. The SMILES string of the molecule is CCOC(=O)C1=C(C)N=c2s/c(=C\c3ccc(OCc4cccc5ccccc45)cc3)c(=O)n2[C@@H]1c1ccc(OCC)c(OCC)c1. The highest BCUT2D eigenvalue weighted by molar-refractivity contribution is 7.07. The molecule has 0 aliphatic carbocycles. The van der Waals surface area contributed by atoms with Crippen molar-refractivity contribution in [2.24, 2.45) is 4.99 Å². The smallest absolute Gasteiger partial charge is 0.338 e. The first kappa shape index (κ1) is 31.8. The third-order valence-corrected chi connectivity index (χ3v) is 8.84. The van der Waals surface area contributed by atoms with Crippen LogP contribution in [0, 0.1) is 0 Å². The van der Waals surface area contributed by atoms with Crippen LogP contribution in [0.1, 0.15) is 50.4 Å². The van der Waals surface area contributed by atoms with Crippen LogP contribution in [0.2, 0.25) is 0 Å². The van der Waals surface area contributed by atoms with Gasteiger partial charge in [0.2, 0.25) is 0 Å². The van der Waals surface area contributed by atoms with Crippen LogP contribution in [0.3, 0.4) is 0 Å². The van der Waals surface area contributed by atoms with E-state index in [0.29, 0.717) is 57.5 Å². The van der Waals surface area contributed by atoms with Gasteiger partial charge in [-0.15, -0.1) is 0 Å². The lowest BCUT2D eigenvalue weighted by molar-refractivity contribution is -0.139. The molecule has 47 heavy (non-hydrogen) atoms. The van der Waals surface area contributed by atoms with Gasteiger partial charge in [-0.05, 0) is 85.5 Å². The predicted octanol–water partition coefficient (Wildman–Crippen LogP) is 6.33. The molecular formula is C38H36N2O6S. The van der Waals surface area contributed by atoms with Crippen molar-refractivity contribution in [3.63, 3.8) is 0 Å². The van der Waals surface area contributed by atoms with Gasteiger partial charge >= 0.3 is 5.97 Å². The normalized spacial score (nSPS) is 14.5. The van der Waals surface area contributed by atoms with E-state index in [0.717, 1.165) is 16.9 Å². The minimum atomic E-state index is -0.757. The van der Waals surface area contributed by atoms with Gasteiger partial charge in [0.1, 0.15) is 12.4 Å². The lowest BCUT2D eigenvalue weighted by Crippen LogP contribution is -2.40. The minimum absolute atomic E-state index is 0.196. The van der Waals surface area contributed by atoms with Crippen molar-refractivity contribution in [3.05, 3.63) is 133 Å². The first-order valence-corrected chi connectivity index (χ1v) is 16.5. The topological polar surface area (TPSA) is 88.4 Å². The summed E-state index contributed by atoms with van der Waals surface area (Å²) in [5.74, 6) is 1.34. The maximum absolute atomic E-state index is 14.1. The number of benzene rings is 4. The molecule has 1 aromatic heterocycles. The van der Waals surface area contributed by atoms with Crippen molar-refractivity contribution in [1.82, 2.24) is 4.57 Å². The van der Waals surface area contributed by atoms with Gasteiger partial charge in [0.25, 0.3) is 5.56 Å². The molecule has 1 atom stereocenters. The van der Waals surface area contributed by atoms with Crippen LogP contribution in [0.4, 0.5) is 0 Å². The van der Waals surface area contributed by atoms with E-state index in [1.807, 2.05) is 80.6 Å². The number of carbonyl (C=O) groups excluding carboxylic acids is 1. The molecule has 4 aromatic carbocycles. The third kappa shape index (κ3) is 6.57. The second-order valence-corrected chi connectivity index (χ2v) is 11.9. The van der Waals surface area contributed by atoms with Crippen molar-refractivity contribution < 1.29 is 23.7 Å². The van der Waals surface area contributed by atoms with Crippen LogP contribution in [-0.4, -0.2) is 30.4 Å². The summed E-state index contributed by atoms with van der Waals surface area (Å²) in [6.45, 7) is 8.86. The van der Waals surface area contributed by atoms with E-state index < -0.39 is 12.0 Å². The van der Waals surface area contributed by atoms with Crippen LogP contribution in [0.5, 0.6) is 17.2 Å². The number of aromatic nitrogens is 1. The molecule has 5 aromatic rings. The molecule has 0 radical (unpaired) electrons. The molecule has 6 rings (SSSR count). The Bertz CT molecular complexity index is 2140. The van der Waals surface area contributed by atoms with Crippen molar-refractivity contribution in [1.29, 1.82) is 0 Å². The summed E-state index contributed by atoms with van der Waals surface area (Å²) in [5, 5.41) is 2.34. The van der Waals surface area contributed by atoms with Gasteiger partial charge in [-0.2, -0.15) is 0 Å². The Morgan fingerprint density at radius 2 is 1.62 bits per heavy atom. The largest absolute Gasteiger partial charge is 0.490 e. The summed E-state index contributed by atoms with van der Waals surface area (Å²) in [6, 6.07) is 26.8. The fourth-order valence-corrected chi connectivity index (χ4v) is 6.78. The quantitative estimate of drug-likeness (QED) is 0.156. The number of thiazole rings is 1. The molecule has 2 heterocycles. The van der Waals surface area contributed by atoms with Crippen molar-refractivity contribution in [3.8, 4) is 17.2 Å². The van der Waals surface area contributed by atoms with E-state index in [4.69, 9.17) is 18.9 Å². The van der Waals surface area contributed by atoms with Gasteiger partial charge in [-0.3, -0.25) is 9.36 Å². The van der Waals surface area contributed by atoms with Crippen LogP contribution < -0.4 is 29.1 Å². The minimum Gasteiger partial charge on any atom is -0.490 e. The molecule has 0 spiro atoms. The number of ether oxygens (including phenoxy) is 4. The fraction of sp³-hybridized carbons (Fsp3) is 0.237. The van der Waals surface area contributed by atoms with Crippen molar-refractivity contribution in [2.45, 2.75) is 40.3 Å². The molecule has 0 fully saturated rings. The number of hydrogen-bond donors (Lipinski definition) is 0. The molecule has 0 saturated carbocycles. The molecule has 1 aliphatic rings. The standard InChI is InChI=1S/C38H36N2O6S/c1-5-43-31-20-17-27(22-32(31)44-6-2)35-34(37(42)45-7-3)24(4)39-38-40(35)36(41)33(47-38)21-25-15-18-29(19-16-25)46-23-28-13-10-12-26-11-8-9-14-30(26)28/h8-22,35H,5-7,23H2,1-4H3/b33-21-/t35-/m1/s1. The van der Waals surface area contributed by atoms with Crippen molar-refractivity contribution >= 4 is 34.2 Å². The highest BCUT2D eigenvalue weighted by atomic mass is 32.1. The average Bonchev–Trinajstić information content (AvgIpc) is 3.38. The zero-order valence-corrected chi connectivity index (χ0v) is 27.6. The summed E-state index contributed by atoms with van der Waals surface area (Å²) in [4.78, 5) is 32.6. The first-order chi connectivity index (χ1) is 22.9. The summed E-state index contributed by atoms with van der Waals surface area (Å²) >= 11 is 1.28. The Hall–Kier alpha value is -5.15. The van der Waals surface area contributed by atoms with Crippen LogP contribution in [0.25, 0.3) is 16.8 Å². The molecule has 9 heteroatoms. The van der Waals surface area contributed by atoms with Crippen LogP contribution in [0.15, 0.2) is 106 Å². The highest BCUT2D eigenvalue weighted by Crippen LogP contribution is 2.36. The summed E-state index contributed by atoms with van der Waals surface area (Å²) < 4.78 is 25.3. The van der Waals surface area contributed by atoms with Gasteiger partial charge in [0.05, 0.1) is 41.7 Å². The Balaban J connectivity index is 1.34. The lowest BCUT2D eigenvalue weighted by atomic mass is 9.95. The van der Waals surface area contributed by atoms with Gasteiger partial charge in [0.15, 0.2) is 16.3 Å². The molecule has 8 nitrogen and oxygen atoms in total. The zero-order chi connectivity index (χ0) is 32.9. The molecule has 1 aliphatic heterocycles. The van der Waals surface area contributed by atoms with Crippen LogP contribution in [-0.2, 0) is 16.1 Å². The van der Waals surface area contributed by atoms with Gasteiger partial charge in [-0.25, -0.2) is 9.79 Å². The molecule has 0 saturated heterocycles. The number of carbonyl (C=O) groups is 1. The zero-order valence-electron chi connectivity index (χ0n) is 26.8. The first-order valence-electron chi connectivity index (χ1n) is 15.7. The molecule has 0 N–H and O–H groups in total. The van der Waals surface area contributed by atoms with E-state index in [-0.39, 0.29) is 12.2 Å². The molecular weight excluding hydrogens is 612 g/mol. The number of esters is 1. The van der Waals surface area contributed by atoms with Crippen molar-refractivity contribution in [2.75, 3.05) is 19.8 Å². The molecule has 0 bridgehead atoms. The van der Waals surface area contributed by atoms with E-state index in [2.05, 4.69) is 29.3 Å². The fourth-order valence-electron chi connectivity index (χ4n) is 5.74. The number of allylic oxidation sites excluding steroid dienone is 1. The van der Waals surface area contributed by atoms with Gasteiger partial charge in [-0.1, -0.05) is 72.0 Å². The Kier molecular flexibility index (Phi) is 9.54. The Morgan fingerprint density at radius 1 is 0.872 bits per heavy atom. The van der Waals surface area contributed by atoms with Gasteiger partial charge in [0, 0.05) is 0 Å². The lowest BCUT2D eigenvalue weighted by Gasteiger charge is -2.25. The Morgan fingerprint density at radius 3 is 2.38 bits per heavy atom. The van der Waals surface area contributed by atoms with E-state index >= 15 is 0 Å². The summed E-state index contributed by atoms with van der Waals surface area (Å²) in [7, 11) is 0. The number of fused-ring (bicyclic) bond motifs is 2. The number of hydrogen-bond acceptors (Lipinski definition) is 8. The number of rotatable bonds is 11. The second-order valence-electron chi connectivity index (χ2n) is 10.9. The third-order valence-electron chi connectivity index (χ3n) is 7.85. The number of nitrogens with zero attached hydrogens (tertiary/aromatic N) is 2. The predicted molar refractivity (Wildman–Crippen MR) is 184 cm³/mol. The maximum Gasteiger partial charge on any atom is 0.338 e. The molecule has 0 unspecified atom stereocenters. The molecule has 0 amide bonds. The van der Waals surface area contributed by atoms with E-state index in [1.165, 1.54) is 22.1 Å². The molecule has 240 valence electrons. The van der Waals surface area contributed by atoms with Crippen LogP contribution >= 0.6 is 11.3 Å².